The first kappa shape index (κ1) is 20.5. The largest absolute Gasteiger partial charge is 0.300 e. The molecule has 0 bridgehead atoms. The standard InChI is InChI=1S/C21H18ClN5OS2/c1-13-4-2-6-15(8-13)19-25-26-21(29)27(19)12-18(28)24-20-23-11-17(30-20)10-14-5-3-7-16(22)9-14/h2-9,11H,10,12H2,1H3,(H,26,29)(H,23,24,28). The molecule has 0 unspecified atom stereocenters. The maximum atomic E-state index is 12.6. The summed E-state index contributed by atoms with van der Waals surface area (Å²) >= 11 is 12.8. The van der Waals surface area contributed by atoms with E-state index in [0.717, 1.165) is 21.6 Å². The minimum Gasteiger partial charge on any atom is -0.300 e. The highest BCUT2D eigenvalue weighted by atomic mass is 35.5. The van der Waals surface area contributed by atoms with Crippen LogP contribution < -0.4 is 5.32 Å². The smallest absolute Gasteiger partial charge is 0.246 e. The van der Waals surface area contributed by atoms with Crippen LogP contribution in [0.4, 0.5) is 5.13 Å². The van der Waals surface area contributed by atoms with E-state index in [1.165, 1.54) is 11.3 Å². The van der Waals surface area contributed by atoms with Gasteiger partial charge in [-0.15, -0.1) is 11.3 Å². The molecule has 0 aliphatic rings. The van der Waals surface area contributed by atoms with E-state index in [-0.39, 0.29) is 12.5 Å². The molecule has 6 nitrogen and oxygen atoms in total. The fourth-order valence-corrected chi connectivity index (χ4v) is 4.34. The molecule has 30 heavy (non-hydrogen) atoms. The Hall–Kier alpha value is -2.81. The Balaban J connectivity index is 1.45. The summed E-state index contributed by atoms with van der Waals surface area (Å²) in [5.74, 6) is 0.407. The van der Waals surface area contributed by atoms with Crippen LogP contribution in [-0.2, 0) is 17.8 Å². The number of aromatic nitrogens is 4. The minimum atomic E-state index is -0.218. The lowest BCUT2D eigenvalue weighted by Gasteiger charge is -2.07. The lowest BCUT2D eigenvalue weighted by molar-refractivity contribution is -0.116. The molecule has 0 atom stereocenters. The Morgan fingerprint density at radius 1 is 1.27 bits per heavy atom. The number of anilines is 1. The zero-order chi connectivity index (χ0) is 21.1. The van der Waals surface area contributed by atoms with E-state index >= 15 is 0 Å². The molecule has 1 amide bonds. The van der Waals surface area contributed by atoms with Gasteiger partial charge in [-0.1, -0.05) is 47.5 Å². The van der Waals surface area contributed by atoms with Crippen molar-refractivity contribution in [2.75, 3.05) is 5.32 Å². The van der Waals surface area contributed by atoms with Crippen LogP contribution in [0.15, 0.2) is 54.7 Å². The van der Waals surface area contributed by atoms with Gasteiger partial charge in [0, 0.05) is 28.1 Å². The van der Waals surface area contributed by atoms with Crippen molar-refractivity contribution >= 4 is 46.2 Å². The molecule has 4 rings (SSSR count). The summed E-state index contributed by atoms with van der Waals surface area (Å²) in [4.78, 5) is 18.0. The van der Waals surface area contributed by atoms with Gasteiger partial charge < -0.3 is 5.32 Å². The highest BCUT2D eigenvalue weighted by Crippen LogP contribution is 2.23. The SMILES string of the molecule is Cc1cccc(-c2n[nH]c(=S)n2CC(=O)Nc2ncc(Cc3cccc(Cl)c3)s2)c1. The number of nitrogens with one attached hydrogen (secondary N) is 2. The second-order valence-corrected chi connectivity index (χ2v) is 8.73. The van der Waals surface area contributed by atoms with Crippen LogP contribution in [0.5, 0.6) is 0 Å². The maximum absolute atomic E-state index is 12.6. The van der Waals surface area contributed by atoms with Crippen LogP contribution in [-0.4, -0.2) is 25.7 Å². The average Bonchev–Trinajstić information content (AvgIpc) is 3.28. The first-order chi connectivity index (χ1) is 14.5. The van der Waals surface area contributed by atoms with Crippen LogP contribution in [0, 0.1) is 11.7 Å². The number of nitrogens with zero attached hydrogens (tertiary/aromatic N) is 3. The number of hydrogen-bond acceptors (Lipinski definition) is 5. The average molecular weight is 456 g/mol. The maximum Gasteiger partial charge on any atom is 0.246 e. The second kappa shape index (κ2) is 8.91. The van der Waals surface area contributed by atoms with Gasteiger partial charge in [0.05, 0.1) is 0 Å². The van der Waals surface area contributed by atoms with Gasteiger partial charge in [-0.25, -0.2) is 4.98 Å². The fraction of sp³-hybridized carbons (Fsp3) is 0.143. The van der Waals surface area contributed by atoms with Gasteiger partial charge in [-0.05, 0) is 42.9 Å². The van der Waals surface area contributed by atoms with E-state index in [1.807, 2.05) is 55.5 Å². The quantitative estimate of drug-likeness (QED) is 0.389. The normalized spacial score (nSPS) is 10.9. The molecular weight excluding hydrogens is 438 g/mol. The van der Waals surface area contributed by atoms with Crippen LogP contribution in [0.2, 0.25) is 5.02 Å². The summed E-state index contributed by atoms with van der Waals surface area (Å²) in [6.45, 7) is 2.05. The molecule has 2 heterocycles. The van der Waals surface area contributed by atoms with Gasteiger partial charge >= 0.3 is 0 Å². The number of halogens is 1. The molecule has 2 aromatic heterocycles. The molecule has 152 valence electrons. The summed E-state index contributed by atoms with van der Waals surface area (Å²) < 4.78 is 2.07. The first-order valence-electron chi connectivity index (χ1n) is 9.19. The molecule has 9 heteroatoms. The number of thiazole rings is 1. The molecule has 4 aromatic rings. The fourth-order valence-electron chi connectivity index (χ4n) is 3.07. The van der Waals surface area contributed by atoms with Crippen LogP contribution in [0.1, 0.15) is 16.0 Å². The van der Waals surface area contributed by atoms with Gasteiger partial charge in [0.15, 0.2) is 15.7 Å². The van der Waals surface area contributed by atoms with E-state index in [1.54, 1.807) is 10.8 Å². The van der Waals surface area contributed by atoms with Crippen molar-refractivity contribution in [3.05, 3.63) is 80.5 Å². The first-order valence-corrected chi connectivity index (χ1v) is 10.8. The number of carbonyl (C=O) groups excluding carboxylic acids is 1. The molecular formula is C21H18ClN5OS2. The van der Waals surface area contributed by atoms with E-state index < -0.39 is 0 Å². The predicted molar refractivity (Wildman–Crippen MR) is 123 cm³/mol. The van der Waals surface area contributed by atoms with Crippen LogP contribution in [0.25, 0.3) is 11.4 Å². The monoisotopic (exact) mass is 455 g/mol. The highest BCUT2D eigenvalue weighted by molar-refractivity contribution is 7.71. The Morgan fingerprint density at radius 3 is 2.90 bits per heavy atom. The number of carbonyl (C=O) groups is 1. The number of aromatic amines is 1. The highest BCUT2D eigenvalue weighted by Gasteiger charge is 2.14. The van der Waals surface area contributed by atoms with Gasteiger partial charge in [0.1, 0.15) is 6.54 Å². The number of aryl methyl sites for hydroxylation is 1. The zero-order valence-electron chi connectivity index (χ0n) is 16.1. The molecule has 0 radical (unpaired) electrons. The third-order valence-corrected chi connectivity index (χ3v) is 5.86. The van der Waals surface area contributed by atoms with Crippen molar-refractivity contribution in [2.45, 2.75) is 19.9 Å². The third-order valence-electron chi connectivity index (χ3n) is 4.40. The molecule has 0 saturated heterocycles. The Bertz CT molecular complexity index is 1260. The van der Waals surface area contributed by atoms with Gasteiger partial charge in [-0.2, -0.15) is 5.10 Å². The molecule has 0 spiro atoms. The lowest BCUT2D eigenvalue weighted by atomic mass is 10.1. The van der Waals surface area contributed by atoms with E-state index in [0.29, 0.717) is 27.2 Å². The van der Waals surface area contributed by atoms with Crippen molar-refractivity contribution in [3.8, 4) is 11.4 Å². The molecule has 0 aliphatic heterocycles. The summed E-state index contributed by atoms with van der Waals surface area (Å²) in [5, 5.41) is 11.2. The molecule has 0 fully saturated rings. The summed E-state index contributed by atoms with van der Waals surface area (Å²) in [5.41, 5.74) is 3.09. The third kappa shape index (κ3) is 4.84. The van der Waals surface area contributed by atoms with Crippen LogP contribution >= 0.6 is 35.2 Å². The van der Waals surface area contributed by atoms with Crippen molar-refractivity contribution in [1.29, 1.82) is 0 Å². The van der Waals surface area contributed by atoms with Gasteiger partial charge in [-0.3, -0.25) is 14.5 Å². The number of hydrogen-bond donors (Lipinski definition) is 2. The second-order valence-electron chi connectivity index (χ2n) is 6.79. The van der Waals surface area contributed by atoms with Crippen LogP contribution in [0.3, 0.4) is 0 Å². The van der Waals surface area contributed by atoms with Crippen molar-refractivity contribution in [3.63, 3.8) is 0 Å². The molecule has 0 aliphatic carbocycles. The summed E-state index contributed by atoms with van der Waals surface area (Å²) in [6, 6.07) is 15.6. The number of H-pyrrole nitrogens is 1. The van der Waals surface area contributed by atoms with E-state index in [4.69, 9.17) is 23.8 Å². The zero-order valence-corrected chi connectivity index (χ0v) is 18.4. The van der Waals surface area contributed by atoms with E-state index in [9.17, 15) is 4.79 Å². The predicted octanol–water partition coefficient (Wildman–Crippen LogP) is 5.26. The van der Waals surface area contributed by atoms with E-state index in [2.05, 4.69) is 20.5 Å². The summed E-state index contributed by atoms with van der Waals surface area (Å²) in [7, 11) is 0. The number of rotatable bonds is 6. The van der Waals surface area contributed by atoms with Gasteiger partial charge in [0.2, 0.25) is 5.91 Å². The molecule has 2 aromatic carbocycles. The Morgan fingerprint density at radius 2 is 2.10 bits per heavy atom. The topological polar surface area (TPSA) is 75.6 Å². The number of amides is 1. The van der Waals surface area contributed by atoms with Crippen molar-refractivity contribution in [2.24, 2.45) is 0 Å². The molecule has 2 N–H and O–H groups in total. The molecule has 0 saturated carbocycles. The van der Waals surface area contributed by atoms with Crippen molar-refractivity contribution < 1.29 is 4.79 Å². The lowest BCUT2D eigenvalue weighted by Crippen LogP contribution is -2.19. The summed E-state index contributed by atoms with van der Waals surface area (Å²) in [6.07, 6.45) is 2.47. The Labute approximate surface area is 187 Å². The number of benzene rings is 2. The van der Waals surface area contributed by atoms with Crippen molar-refractivity contribution in [1.82, 2.24) is 19.7 Å². The Kier molecular flexibility index (Phi) is 6.08. The van der Waals surface area contributed by atoms with Gasteiger partial charge in [0.25, 0.3) is 0 Å². The minimum absolute atomic E-state index is 0.0435.